The third-order valence-electron chi connectivity index (χ3n) is 2.63. The summed E-state index contributed by atoms with van der Waals surface area (Å²) < 4.78 is 1.89. The molecule has 0 aliphatic rings. The standard InChI is InChI=1S/C10H9N5O5/c1-13-10(18)14(12-11-13)5-6-4-7(15(19)20)2-3-8(6)9(16)17/h2-4H,5H2,1H3,(H,16,17). The van der Waals surface area contributed by atoms with Crippen LogP contribution in [0.4, 0.5) is 5.69 Å². The fourth-order valence-corrected chi connectivity index (χ4v) is 1.65. The molecule has 0 saturated heterocycles. The molecule has 20 heavy (non-hydrogen) atoms. The van der Waals surface area contributed by atoms with Crippen molar-refractivity contribution in [2.75, 3.05) is 0 Å². The van der Waals surface area contributed by atoms with Crippen molar-refractivity contribution in [1.29, 1.82) is 0 Å². The molecule has 0 bridgehead atoms. The molecule has 0 atom stereocenters. The van der Waals surface area contributed by atoms with Gasteiger partial charge in [0.05, 0.1) is 17.0 Å². The maximum Gasteiger partial charge on any atom is 0.363 e. The molecule has 0 aliphatic heterocycles. The molecule has 10 heteroatoms. The van der Waals surface area contributed by atoms with Crippen molar-refractivity contribution in [2.24, 2.45) is 7.05 Å². The predicted molar refractivity (Wildman–Crippen MR) is 64.4 cm³/mol. The smallest absolute Gasteiger partial charge is 0.363 e. The van der Waals surface area contributed by atoms with Gasteiger partial charge in [-0.05, 0) is 22.1 Å². The number of benzene rings is 1. The second kappa shape index (κ2) is 4.91. The molecule has 0 amide bonds. The first-order valence-corrected chi connectivity index (χ1v) is 5.37. The maximum absolute atomic E-state index is 11.6. The fourth-order valence-electron chi connectivity index (χ4n) is 1.65. The number of aryl methyl sites for hydroxylation is 1. The van der Waals surface area contributed by atoms with E-state index in [0.29, 0.717) is 0 Å². The van der Waals surface area contributed by atoms with Crippen molar-refractivity contribution >= 4 is 11.7 Å². The van der Waals surface area contributed by atoms with Crippen molar-refractivity contribution in [1.82, 2.24) is 19.8 Å². The van der Waals surface area contributed by atoms with E-state index in [9.17, 15) is 19.7 Å². The minimum Gasteiger partial charge on any atom is -0.478 e. The third kappa shape index (κ3) is 2.39. The summed E-state index contributed by atoms with van der Waals surface area (Å²) in [5, 5.41) is 26.8. The number of carboxylic acid groups (broad SMARTS) is 1. The molecule has 0 aliphatic carbocycles. The van der Waals surface area contributed by atoms with Crippen molar-refractivity contribution in [3.8, 4) is 0 Å². The van der Waals surface area contributed by atoms with Gasteiger partial charge in [0.15, 0.2) is 0 Å². The first-order chi connectivity index (χ1) is 9.40. The number of carboxylic acids is 1. The van der Waals surface area contributed by atoms with Gasteiger partial charge in [0, 0.05) is 19.2 Å². The van der Waals surface area contributed by atoms with E-state index in [-0.39, 0.29) is 23.4 Å². The molecule has 1 heterocycles. The van der Waals surface area contributed by atoms with Gasteiger partial charge < -0.3 is 5.11 Å². The van der Waals surface area contributed by atoms with Crippen LogP contribution in [0.15, 0.2) is 23.0 Å². The van der Waals surface area contributed by atoms with E-state index in [1.807, 2.05) is 0 Å². The van der Waals surface area contributed by atoms with Crippen molar-refractivity contribution < 1.29 is 14.8 Å². The number of rotatable bonds is 4. The molecule has 10 nitrogen and oxygen atoms in total. The highest BCUT2D eigenvalue weighted by Crippen LogP contribution is 2.18. The summed E-state index contributed by atoms with van der Waals surface area (Å²) in [6.07, 6.45) is 0. The van der Waals surface area contributed by atoms with Crippen LogP contribution in [0, 0.1) is 10.1 Å². The third-order valence-corrected chi connectivity index (χ3v) is 2.63. The molecule has 0 fully saturated rings. The lowest BCUT2D eigenvalue weighted by Crippen LogP contribution is -2.24. The zero-order chi connectivity index (χ0) is 14.9. The summed E-state index contributed by atoms with van der Waals surface area (Å²) in [5.74, 6) is -1.24. The molecular formula is C10H9N5O5. The fraction of sp³-hybridized carbons (Fsp3) is 0.200. The van der Waals surface area contributed by atoms with Crippen LogP contribution in [-0.4, -0.2) is 35.8 Å². The molecule has 2 rings (SSSR count). The summed E-state index contributed by atoms with van der Waals surface area (Å²) in [6.45, 7) is -0.212. The Labute approximate surface area is 111 Å². The van der Waals surface area contributed by atoms with Crippen LogP contribution < -0.4 is 5.69 Å². The van der Waals surface area contributed by atoms with E-state index in [0.717, 1.165) is 27.6 Å². The monoisotopic (exact) mass is 279 g/mol. The Kier molecular flexibility index (Phi) is 3.29. The molecule has 1 aromatic carbocycles. The van der Waals surface area contributed by atoms with Gasteiger partial charge in [-0.3, -0.25) is 10.1 Å². The average molecular weight is 279 g/mol. The van der Waals surface area contributed by atoms with E-state index >= 15 is 0 Å². The average Bonchev–Trinajstić information content (AvgIpc) is 2.70. The highest BCUT2D eigenvalue weighted by Gasteiger charge is 2.17. The zero-order valence-corrected chi connectivity index (χ0v) is 10.3. The predicted octanol–water partition coefficient (Wildman–Crippen LogP) is -0.369. The summed E-state index contributed by atoms with van der Waals surface area (Å²) >= 11 is 0. The maximum atomic E-state index is 11.6. The van der Waals surface area contributed by atoms with Gasteiger partial charge in [-0.2, -0.15) is 9.36 Å². The lowest BCUT2D eigenvalue weighted by atomic mass is 10.1. The Bertz CT molecular complexity index is 747. The summed E-state index contributed by atoms with van der Waals surface area (Å²) in [5.41, 5.74) is -0.836. The molecule has 0 spiro atoms. The van der Waals surface area contributed by atoms with Gasteiger partial charge in [0.25, 0.3) is 5.69 Å². The van der Waals surface area contributed by atoms with Gasteiger partial charge in [0.1, 0.15) is 0 Å². The number of aromatic carboxylic acids is 1. The lowest BCUT2D eigenvalue weighted by Gasteiger charge is -2.04. The first-order valence-electron chi connectivity index (χ1n) is 5.37. The van der Waals surface area contributed by atoms with Crippen LogP contribution >= 0.6 is 0 Å². The molecule has 1 aromatic heterocycles. The molecule has 0 saturated carbocycles. The number of hydrogen-bond acceptors (Lipinski definition) is 6. The number of tetrazole rings is 1. The lowest BCUT2D eigenvalue weighted by molar-refractivity contribution is -0.384. The first kappa shape index (κ1) is 13.4. The quantitative estimate of drug-likeness (QED) is 0.596. The number of nitro benzene ring substituents is 1. The SMILES string of the molecule is Cn1nnn(Cc2cc([N+](=O)[O-])ccc2C(=O)O)c1=O. The van der Waals surface area contributed by atoms with Crippen LogP contribution in [-0.2, 0) is 13.6 Å². The normalized spacial score (nSPS) is 10.4. The summed E-state index contributed by atoms with van der Waals surface area (Å²) in [4.78, 5) is 32.7. The molecule has 0 unspecified atom stereocenters. The summed E-state index contributed by atoms with van der Waals surface area (Å²) in [7, 11) is 1.39. The minimum atomic E-state index is -1.24. The second-order valence-electron chi connectivity index (χ2n) is 3.95. The second-order valence-corrected chi connectivity index (χ2v) is 3.95. The van der Waals surface area contributed by atoms with Gasteiger partial charge in [-0.25, -0.2) is 9.59 Å². The van der Waals surface area contributed by atoms with E-state index in [1.165, 1.54) is 7.05 Å². The molecule has 0 radical (unpaired) electrons. The van der Waals surface area contributed by atoms with Crippen LogP contribution in [0.25, 0.3) is 0 Å². The van der Waals surface area contributed by atoms with Crippen LogP contribution in [0.2, 0.25) is 0 Å². The Balaban J connectivity index is 2.50. The largest absolute Gasteiger partial charge is 0.478 e. The Morgan fingerprint density at radius 1 is 1.45 bits per heavy atom. The number of non-ortho nitro benzene ring substituents is 1. The Morgan fingerprint density at radius 2 is 2.15 bits per heavy atom. The van der Waals surface area contributed by atoms with Gasteiger partial charge >= 0.3 is 11.7 Å². The number of nitrogens with zero attached hydrogens (tertiary/aromatic N) is 5. The van der Waals surface area contributed by atoms with Crippen LogP contribution in [0.5, 0.6) is 0 Å². The van der Waals surface area contributed by atoms with Gasteiger partial charge in [-0.15, -0.1) is 0 Å². The number of carbonyl (C=O) groups is 1. The number of aromatic nitrogens is 4. The van der Waals surface area contributed by atoms with Crippen LogP contribution in [0.1, 0.15) is 15.9 Å². The van der Waals surface area contributed by atoms with Gasteiger partial charge in [0.2, 0.25) is 0 Å². The van der Waals surface area contributed by atoms with Crippen molar-refractivity contribution in [3.63, 3.8) is 0 Å². The van der Waals surface area contributed by atoms with Gasteiger partial charge in [-0.1, -0.05) is 0 Å². The topological polar surface area (TPSA) is 133 Å². The number of hydrogen-bond donors (Lipinski definition) is 1. The molecule has 2 aromatic rings. The van der Waals surface area contributed by atoms with Crippen molar-refractivity contribution in [2.45, 2.75) is 6.54 Å². The minimum absolute atomic E-state index is 0.106. The van der Waals surface area contributed by atoms with E-state index in [4.69, 9.17) is 5.11 Å². The Morgan fingerprint density at radius 3 is 2.65 bits per heavy atom. The highest BCUT2D eigenvalue weighted by molar-refractivity contribution is 5.89. The molecule has 104 valence electrons. The Hall–Kier alpha value is -3.04. The van der Waals surface area contributed by atoms with E-state index in [2.05, 4.69) is 10.4 Å². The van der Waals surface area contributed by atoms with E-state index < -0.39 is 16.6 Å². The summed E-state index contributed by atoms with van der Waals surface area (Å²) in [6, 6.07) is 3.31. The zero-order valence-electron chi connectivity index (χ0n) is 10.3. The number of nitro groups is 1. The van der Waals surface area contributed by atoms with Crippen LogP contribution in [0.3, 0.4) is 0 Å². The molecule has 1 N–H and O–H groups in total. The molecular weight excluding hydrogens is 270 g/mol. The van der Waals surface area contributed by atoms with E-state index in [1.54, 1.807) is 0 Å². The highest BCUT2D eigenvalue weighted by atomic mass is 16.6. The van der Waals surface area contributed by atoms with Crippen molar-refractivity contribution in [3.05, 3.63) is 49.9 Å².